The third-order valence-corrected chi connectivity index (χ3v) is 3.42. The lowest BCUT2D eigenvalue weighted by atomic mass is 10.2. The normalized spacial score (nSPS) is 27.2. The van der Waals surface area contributed by atoms with Gasteiger partial charge in [0, 0.05) is 6.42 Å². The van der Waals surface area contributed by atoms with Gasteiger partial charge in [0.05, 0.1) is 19.0 Å². The Hall–Kier alpha value is -1.29. The van der Waals surface area contributed by atoms with Crippen molar-refractivity contribution >= 4 is 27.1 Å². The number of fused-ring (bicyclic) bond motifs is 1. The molecule has 0 radical (unpaired) electrons. The molecule has 0 aromatic carbocycles. The molecule has 2 aromatic rings. The molecule has 19 heavy (non-hydrogen) atoms. The average molecular weight is 331 g/mol. The molecule has 2 aromatic heterocycles. The number of hydrogen-bond acceptors (Lipinski definition) is 7. The van der Waals surface area contributed by atoms with Crippen molar-refractivity contribution in [1.82, 2.24) is 19.5 Å². The fourth-order valence-corrected chi connectivity index (χ4v) is 2.47. The Labute approximate surface area is 115 Å². The van der Waals surface area contributed by atoms with Crippen LogP contribution in [-0.2, 0) is 4.74 Å². The lowest BCUT2D eigenvalue weighted by Crippen LogP contribution is -2.24. The van der Waals surface area contributed by atoms with E-state index in [1.807, 2.05) is 0 Å². The highest BCUT2D eigenvalue weighted by Crippen LogP contribution is 2.32. The summed E-state index contributed by atoms with van der Waals surface area (Å²) in [5, 5.41) is 28.5. The van der Waals surface area contributed by atoms with Crippen molar-refractivity contribution in [3.8, 4) is 5.88 Å². The van der Waals surface area contributed by atoms with E-state index < -0.39 is 18.4 Å². The number of aromatic nitrogens is 4. The second-order valence-electron chi connectivity index (χ2n) is 4.26. The Kier molecular flexibility index (Phi) is 3.13. The Bertz CT molecular complexity index is 619. The first-order valence-electron chi connectivity index (χ1n) is 5.63. The minimum Gasteiger partial charge on any atom is -0.492 e. The largest absolute Gasteiger partial charge is 0.492 e. The van der Waals surface area contributed by atoms with E-state index >= 15 is 0 Å². The van der Waals surface area contributed by atoms with Crippen LogP contribution in [0.3, 0.4) is 0 Å². The highest BCUT2D eigenvalue weighted by molar-refractivity contribution is 9.10. The number of aliphatic hydroxyl groups excluding tert-OH is 2. The van der Waals surface area contributed by atoms with Gasteiger partial charge in [0.1, 0.15) is 12.3 Å². The Morgan fingerprint density at radius 3 is 2.95 bits per heavy atom. The van der Waals surface area contributed by atoms with Crippen LogP contribution in [-0.4, -0.2) is 53.7 Å². The van der Waals surface area contributed by atoms with Gasteiger partial charge in [0.2, 0.25) is 10.6 Å². The second kappa shape index (κ2) is 4.67. The average Bonchev–Trinajstić information content (AvgIpc) is 2.92. The number of nitrogens with zero attached hydrogens (tertiary/aromatic N) is 4. The molecule has 0 amide bonds. The molecular weight excluding hydrogens is 320 g/mol. The van der Waals surface area contributed by atoms with E-state index in [0.717, 1.165) is 0 Å². The summed E-state index contributed by atoms with van der Waals surface area (Å²) in [7, 11) is 0. The Morgan fingerprint density at radius 1 is 1.47 bits per heavy atom. The molecule has 9 heteroatoms. The third-order valence-electron chi connectivity index (χ3n) is 3.07. The van der Waals surface area contributed by atoms with Gasteiger partial charge in [0.15, 0.2) is 11.2 Å². The molecule has 3 N–H and O–H groups in total. The zero-order valence-corrected chi connectivity index (χ0v) is 11.2. The summed E-state index contributed by atoms with van der Waals surface area (Å²) in [5.74, 6) is -0.229. The fraction of sp³-hybridized carbons (Fsp3) is 0.500. The number of hydrogen-bond donors (Lipinski definition) is 3. The number of imidazole rings is 1. The predicted octanol–water partition coefficient (Wildman–Crippen LogP) is -0.0649. The summed E-state index contributed by atoms with van der Waals surface area (Å²) in [6.07, 6.45) is -0.0761. The number of ether oxygens (including phenoxy) is 1. The molecule has 102 valence electrons. The molecule has 1 saturated heterocycles. The van der Waals surface area contributed by atoms with Gasteiger partial charge in [-0.05, 0) is 15.9 Å². The van der Waals surface area contributed by atoms with Crippen molar-refractivity contribution in [3.63, 3.8) is 0 Å². The molecule has 1 fully saturated rings. The van der Waals surface area contributed by atoms with E-state index in [9.17, 15) is 10.2 Å². The Balaban J connectivity index is 2.02. The van der Waals surface area contributed by atoms with Crippen LogP contribution in [0, 0.1) is 0 Å². The first kappa shape index (κ1) is 12.7. The maximum atomic E-state index is 9.73. The molecule has 3 atom stereocenters. The quantitative estimate of drug-likeness (QED) is 0.660. The fourth-order valence-electron chi connectivity index (χ4n) is 2.14. The highest BCUT2D eigenvalue weighted by Gasteiger charge is 2.35. The SMILES string of the molecule is OC[C@H]1O[C@@H](n2cnc3c(O)nc(Br)nc32)CC1O. The summed E-state index contributed by atoms with van der Waals surface area (Å²) in [6.45, 7) is -0.256. The zero-order valence-electron chi connectivity index (χ0n) is 9.64. The summed E-state index contributed by atoms with van der Waals surface area (Å²) in [4.78, 5) is 11.9. The molecular formula is C10H11BrN4O4. The van der Waals surface area contributed by atoms with E-state index in [1.54, 1.807) is 4.57 Å². The van der Waals surface area contributed by atoms with Crippen LogP contribution in [0.15, 0.2) is 11.1 Å². The van der Waals surface area contributed by atoms with Crippen molar-refractivity contribution in [2.45, 2.75) is 24.9 Å². The smallest absolute Gasteiger partial charge is 0.243 e. The lowest BCUT2D eigenvalue weighted by molar-refractivity contribution is -0.0432. The third kappa shape index (κ3) is 2.08. The van der Waals surface area contributed by atoms with Gasteiger partial charge in [0.25, 0.3) is 0 Å². The van der Waals surface area contributed by atoms with Gasteiger partial charge in [-0.1, -0.05) is 0 Å². The van der Waals surface area contributed by atoms with Crippen molar-refractivity contribution in [1.29, 1.82) is 0 Å². The van der Waals surface area contributed by atoms with E-state index in [4.69, 9.17) is 9.84 Å². The van der Waals surface area contributed by atoms with Crippen LogP contribution >= 0.6 is 15.9 Å². The summed E-state index contributed by atoms with van der Waals surface area (Å²) in [5.41, 5.74) is 0.656. The molecule has 1 unspecified atom stereocenters. The Morgan fingerprint density at radius 2 is 2.26 bits per heavy atom. The summed E-state index contributed by atoms with van der Waals surface area (Å²) in [6, 6.07) is 0. The van der Waals surface area contributed by atoms with Crippen molar-refractivity contribution < 1.29 is 20.1 Å². The minimum atomic E-state index is -0.744. The van der Waals surface area contributed by atoms with Gasteiger partial charge in [-0.15, -0.1) is 0 Å². The van der Waals surface area contributed by atoms with Gasteiger partial charge in [-0.3, -0.25) is 4.57 Å². The molecule has 3 rings (SSSR count). The first-order valence-corrected chi connectivity index (χ1v) is 6.43. The number of halogens is 1. The van der Waals surface area contributed by atoms with E-state index in [1.165, 1.54) is 6.33 Å². The van der Waals surface area contributed by atoms with Crippen molar-refractivity contribution in [2.24, 2.45) is 0 Å². The monoisotopic (exact) mass is 330 g/mol. The predicted molar refractivity (Wildman–Crippen MR) is 66.3 cm³/mol. The molecule has 8 nitrogen and oxygen atoms in total. The number of aromatic hydroxyl groups is 1. The van der Waals surface area contributed by atoms with Gasteiger partial charge < -0.3 is 20.1 Å². The first-order chi connectivity index (χ1) is 9.10. The standard InChI is InChI=1S/C10H11BrN4O4/c11-10-13-8-7(9(18)14-10)12-3-15(8)6-1-4(17)5(2-16)19-6/h3-6,16-17H,1-2H2,(H,13,14,18)/t4?,5-,6-/m1/s1. The molecule has 0 spiro atoms. The highest BCUT2D eigenvalue weighted by atomic mass is 79.9. The van der Waals surface area contributed by atoms with Crippen molar-refractivity contribution in [3.05, 3.63) is 11.1 Å². The molecule has 1 aliphatic heterocycles. The van der Waals surface area contributed by atoms with E-state index in [0.29, 0.717) is 12.1 Å². The van der Waals surface area contributed by atoms with E-state index in [2.05, 4.69) is 30.9 Å². The maximum Gasteiger partial charge on any atom is 0.243 e. The zero-order chi connectivity index (χ0) is 13.6. The number of rotatable bonds is 2. The molecule has 0 bridgehead atoms. The second-order valence-corrected chi connectivity index (χ2v) is 4.96. The molecule has 1 aliphatic rings. The van der Waals surface area contributed by atoms with E-state index in [-0.39, 0.29) is 22.7 Å². The van der Waals surface area contributed by atoms with Gasteiger partial charge in [-0.25, -0.2) is 9.97 Å². The molecule has 0 saturated carbocycles. The summed E-state index contributed by atoms with van der Waals surface area (Å²) < 4.78 is 7.35. The lowest BCUT2D eigenvalue weighted by Gasteiger charge is -2.13. The minimum absolute atomic E-state index is 0.229. The topological polar surface area (TPSA) is 114 Å². The van der Waals surface area contributed by atoms with Crippen LogP contribution < -0.4 is 0 Å². The van der Waals surface area contributed by atoms with Crippen LogP contribution in [0.5, 0.6) is 5.88 Å². The number of aliphatic hydroxyl groups is 2. The van der Waals surface area contributed by atoms with Crippen LogP contribution in [0.1, 0.15) is 12.6 Å². The van der Waals surface area contributed by atoms with Gasteiger partial charge in [-0.2, -0.15) is 4.98 Å². The van der Waals surface area contributed by atoms with Gasteiger partial charge >= 0.3 is 0 Å². The van der Waals surface area contributed by atoms with Crippen LogP contribution in [0.4, 0.5) is 0 Å². The maximum absolute atomic E-state index is 9.73. The van der Waals surface area contributed by atoms with Crippen LogP contribution in [0.2, 0.25) is 0 Å². The van der Waals surface area contributed by atoms with Crippen molar-refractivity contribution in [2.75, 3.05) is 6.61 Å². The van der Waals surface area contributed by atoms with Crippen LogP contribution in [0.25, 0.3) is 11.2 Å². The molecule has 3 heterocycles. The summed E-state index contributed by atoms with van der Waals surface area (Å²) >= 11 is 3.09. The molecule has 0 aliphatic carbocycles.